The number of benzene rings is 4. The summed E-state index contributed by atoms with van der Waals surface area (Å²) < 4.78 is 21.8. The molecule has 0 atom stereocenters. The van der Waals surface area contributed by atoms with E-state index in [-0.39, 0.29) is 36.6 Å². The zero-order valence-corrected chi connectivity index (χ0v) is 20.4. The summed E-state index contributed by atoms with van der Waals surface area (Å²) in [5, 5.41) is 41.3. The minimum Gasteiger partial charge on any atom is -0.504 e. The summed E-state index contributed by atoms with van der Waals surface area (Å²) in [5.74, 6) is 1.85. The summed E-state index contributed by atoms with van der Waals surface area (Å²) in [5.41, 5.74) is 4.96. The van der Waals surface area contributed by atoms with Crippen molar-refractivity contribution in [1.82, 2.24) is 0 Å². The number of aromatic hydroxyl groups is 4. The molecular formula is C30H26O8. The van der Waals surface area contributed by atoms with E-state index in [2.05, 4.69) is 0 Å². The molecule has 0 aromatic heterocycles. The predicted octanol–water partition coefficient (Wildman–Crippen LogP) is 5.20. The Morgan fingerprint density at radius 3 is 1.29 bits per heavy atom. The van der Waals surface area contributed by atoms with E-state index in [4.69, 9.17) is 18.9 Å². The van der Waals surface area contributed by atoms with E-state index in [9.17, 15) is 20.4 Å². The Morgan fingerprint density at radius 1 is 0.447 bits per heavy atom. The van der Waals surface area contributed by atoms with Crippen LogP contribution < -0.4 is 18.9 Å². The molecule has 6 rings (SSSR count). The second kappa shape index (κ2) is 9.63. The standard InChI is InChI=1S/C30H26O8/c31-23-11-19(5-1-17-3-7-27-29(9-17)37-15-35-27)21(13-25(23)33)22-14-26(34)24(32)12-20(22)6-2-18-4-8-28-30(10-18)38-16-36-28/h3-4,7-14,31-34H,1-2,5-6,15-16H2. The largest absolute Gasteiger partial charge is 0.504 e. The van der Waals surface area contributed by atoms with Gasteiger partial charge in [-0.3, -0.25) is 0 Å². The van der Waals surface area contributed by atoms with Gasteiger partial charge in [0.15, 0.2) is 46.0 Å². The van der Waals surface area contributed by atoms with Crippen LogP contribution in [0.5, 0.6) is 46.0 Å². The summed E-state index contributed by atoms with van der Waals surface area (Å²) >= 11 is 0. The van der Waals surface area contributed by atoms with Gasteiger partial charge in [0.2, 0.25) is 13.6 Å². The van der Waals surface area contributed by atoms with E-state index in [0.29, 0.717) is 59.8 Å². The molecule has 0 saturated heterocycles. The monoisotopic (exact) mass is 514 g/mol. The number of ether oxygens (including phenoxy) is 4. The molecule has 8 heteroatoms. The van der Waals surface area contributed by atoms with Gasteiger partial charge in [-0.05, 0) is 108 Å². The van der Waals surface area contributed by atoms with Crippen molar-refractivity contribution in [3.05, 3.63) is 82.9 Å². The number of fused-ring (bicyclic) bond motifs is 2. The number of rotatable bonds is 7. The lowest BCUT2D eigenvalue weighted by molar-refractivity contribution is 0.173. The maximum Gasteiger partial charge on any atom is 0.231 e. The fraction of sp³-hybridized carbons (Fsp3) is 0.200. The van der Waals surface area contributed by atoms with Crippen LogP contribution in [0.2, 0.25) is 0 Å². The molecule has 0 saturated carbocycles. The molecule has 4 N–H and O–H groups in total. The summed E-state index contributed by atoms with van der Waals surface area (Å²) in [6.45, 7) is 0.405. The van der Waals surface area contributed by atoms with E-state index < -0.39 is 0 Å². The lowest BCUT2D eigenvalue weighted by Gasteiger charge is -2.17. The summed E-state index contributed by atoms with van der Waals surface area (Å²) in [6, 6.07) is 17.6. The first-order valence-corrected chi connectivity index (χ1v) is 12.3. The zero-order chi connectivity index (χ0) is 26.2. The van der Waals surface area contributed by atoms with Gasteiger partial charge in [0, 0.05) is 0 Å². The molecule has 0 fully saturated rings. The molecule has 8 nitrogen and oxygen atoms in total. The van der Waals surface area contributed by atoms with Crippen molar-refractivity contribution in [3.8, 4) is 57.1 Å². The number of phenols is 4. The van der Waals surface area contributed by atoms with Gasteiger partial charge in [0.1, 0.15) is 0 Å². The van der Waals surface area contributed by atoms with Gasteiger partial charge in [-0.15, -0.1) is 0 Å². The number of phenolic OH excluding ortho intramolecular Hbond substituents is 4. The highest BCUT2D eigenvalue weighted by atomic mass is 16.7. The van der Waals surface area contributed by atoms with Gasteiger partial charge in [0.05, 0.1) is 0 Å². The van der Waals surface area contributed by atoms with Crippen molar-refractivity contribution in [1.29, 1.82) is 0 Å². The van der Waals surface area contributed by atoms with Gasteiger partial charge >= 0.3 is 0 Å². The Morgan fingerprint density at radius 2 is 0.842 bits per heavy atom. The van der Waals surface area contributed by atoms with E-state index in [0.717, 1.165) is 22.3 Å². The average molecular weight is 515 g/mol. The molecule has 38 heavy (non-hydrogen) atoms. The molecule has 0 spiro atoms. The molecule has 194 valence electrons. The van der Waals surface area contributed by atoms with Crippen LogP contribution in [0.25, 0.3) is 11.1 Å². The van der Waals surface area contributed by atoms with E-state index >= 15 is 0 Å². The average Bonchev–Trinajstić information content (AvgIpc) is 3.58. The van der Waals surface area contributed by atoms with Gasteiger partial charge < -0.3 is 39.4 Å². The zero-order valence-electron chi connectivity index (χ0n) is 20.4. The maximum atomic E-state index is 10.4. The van der Waals surface area contributed by atoms with Crippen LogP contribution in [0.3, 0.4) is 0 Å². The Bertz CT molecular complexity index is 1410. The van der Waals surface area contributed by atoms with Crippen LogP contribution in [0, 0.1) is 0 Å². The maximum absolute atomic E-state index is 10.4. The summed E-state index contributed by atoms with van der Waals surface area (Å²) in [4.78, 5) is 0. The predicted molar refractivity (Wildman–Crippen MR) is 138 cm³/mol. The van der Waals surface area contributed by atoms with Crippen molar-refractivity contribution in [2.75, 3.05) is 13.6 Å². The molecule has 4 aromatic carbocycles. The minimum absolute atomic E-state index is 0.203. The lowest BCUT2D eigenvalue weighted by Crippen LogP contribution is -1.99. The van der Waals surface area contributed by atoms with E-state index in [1.807, 2.05) is 36.4 Å². The van der Waals surface area contributed by atoms with E-state index in [1.54, 1.807) is 12.1 Å². The summed E-state index contributed by atoms with van der Waals surface area (Å²) in [6.07, 6.45) is 2.38. The molecule has 2 heterocycles. The van der Waals surface area contributed by atoms with Crippen LogP contribution >= 0.6 is 0 Å². The fourth-order valence-electron chi connectivity index (χ4n) is 4.91. The molecule has 4 aromatic rings. The second-order valence-corrected chi connectivity index (χ2v) is 9.37. The molecule has 0 unspecified atom stereocenters. The number of aryl methyl sites for hydroxylation is 4. The van der Waals surface area contributed by atoms with Crippen molar-refractivity contribution >= 4 is 0 Å². The quantitative estimate of drug-likeness (QED) is 0.249. The molecule has 0 aliphatic carbocycles. The van der Waals surface area contributed by atoms with Gasteiger partial charge in [-0.2, -0.15) is 0 Å². The highest BCUT2D eigenvalue weighted by molar-refractivity contribution is 5.76. The van der Waals surface area contributed by atoms with E-state index in [1.165, 1.54) is 12.1 Å². The minimum atomic E-state index is -0.263. The van der Waals surface area contributed by atoms with Gasteiger partial charge in [-0.25, -0.2) is 0 Å². The second-order valence-electron chi connectivity index (χ2n) is 9.37. The molecule has 2 aliphatic heterocycles. The van der Waals surface area contributed by atoms with Crippen molar-refractivity contribution in [3.63, 3.8) is 0 Å². The Kier molecular flexibility index (Phi) is 5.99. The van der Waals surface area contributed by atoms with Crippen LogP contribution in [0.4, 0.5) is 0 Å². The third-order valence-electron chi connectivity index (χ3n) is 6.93. The highest BCUT2D eigenvalue weighted by Gasteiger charge is 2.19. The van der Waals surface area contributed by atoms with Crippen molar-refractivity contribution in [2.24, 2.45) is 0 Å². The molecular weight excluding hydrogens is 488 g/mol. The lowest BCUT2D eigenvalue weighted by atomic mass is 9.89. The van der Waals surface area contributed by atoms with Gasteiger partial charge in [-0.1, -0.05) is 12.1 Å². The molecule has 0 amide bonds. The normalized spacial score (nSPS) is 13.2. The number of hydrogen-bond donors (Lipinski definition) is 4. The Hall–Kier alpha value is -4.72. The first-order chi connectivity index (χ1) is 18.4. The third-order valence-corrected chi connectivity index (χ3v) is 6.93. The van der Waals surface area contributed by atoms with Gasteiger partial charge in [0.25, 0.3) is 0 Å². The first kappa shape index (κ1) is 23.7. The van der Waals surface area contributed by atoms with Crippen LogP contribution in [0.15, 0.2) is 60.7 Å². The Balaban J connectivity index is 1.31. The van der Waals surface area contributed by atoms with Crippen LogP contribution in [0.1, 0.15) is 22.3 Å². The van der Waals surface area contributed by atoms with Crippen molar-refractivity contribution < 1.29 is 39.4 Å². The number of hydrogen-bond acceptors (Lipinski definition) is 8. The highest BCUT2D eigenvalue weighted by Crippen LogP contribution is 2.41. The smallest absolute Gasteiger partial charge is 0.231 e. The topological polar surface area (TPSA) is 118 Å². The first-order valence-electron chi connectivity index (χ1n) is 12.3. The summed E-state index contributed by atoms with van der Waals surface area (Å²) in [7, 11) is 0. The molecule has 0 radical (unpaired) electrons. The SMILES string of the molecule is Oc1cc(CCc2ccc3c(c2)OCO3)c(-c2cc(O)c(O)cc2CCc2ccc3c(c2)OCO3)cc1O. The molecule has 0 bridgehead atoms. The third kappa shape index (κ3) is 4.56. The van der Waals surface area contributed by atoms with Crippen LogP contribution in [-0.4, -0.2) is 34.0 Å². The fourth-order valence-corrected chi connectivity index (χ4v) is 4.91. The Labute approximate surface area is 218 Å². The molecule has 2 aliphatic rings. The van der Waals surface area contributed by atoms with Crippen molar-refractivity contribution in [2.45, 2.75) is 25.7 Å². The van der Waals surface area contributed by atoms with Crippen LogP contribution in [-0.2, 0) is 25.7 Å².